The molecule has 5 nitrogen and oxygen atoms in total. The fourth-order valence-electron chi connectivity index (χ4n) is 1.68. The van der Waals surface area contributed by atoms with Crippen LogP contribution in [0.4, 0.5) is 0 Å². The molecule has 1 aliphatic heterocycles. The smallest absolute Gasteiger partial charge is 0.0594 e. The number of hydrogen-bond acceptors (Lipinski definition) is 5. The van der Waals surface area contributed by atoms with Gasteiger partial charge in [-0.2, -0.15) is 0 Å². The van der Waals surface area contributed by atoms with E-state index >= 15 is 0 Å². The molecule has 1 aliphatic rings. The van der Waals surface area contributed by atoms with Gasteiger partial charge in [0.15, 0.2) is 0 Å². The van der Waals surface area contributed by atoms with Gasteiger partial charge in [-0.3, -0.25) is 4.90 Å². The molecule has 0 amide bonds. The Morgan fingerprint density at radius 2 is 1.94 bits per heavy atom. The molecule has 102 valence electrons. The number of nitrogens with zero attached hydrogens (tertiary/aromatic N) is 2. The molecule has 0 unspecified atom stereocenters. The highest BCUT2D eigenvalue weighted by atomic mass is 16.5. The summed E-state index contributed by atoms with van der Waals surface area (Å²) in [6.45, 7) is 9.61. The summed E-state index contributed by atoms with van der Waals surface area (Å²) in [5.74, 6) is 0. The zero-order valence-corrected chi connectivity index (χ0v) is 11.3. The van der Waals surface area contributed by atoms with E-state index in [1.54, 1.807) is 0 Å². The quantitative estimate of drug-likeness (QED) is 0.554. The first-order chi connectivity index (χ1) is 8.29. The Bertz CT molecular complexity index is 173. The minimum absolute atomic E-state index is 0.803. The molecule has 1 fully saturated rings. The van der Waals surface area contributed by atoms with E-state index in [1.165, 1.54) is 0 Å². The topological polar surface area (TPSA) is 37.0 Å². The average Bonchev–Trinajstić information content (AvgIpc) is 2.33. The van der Waals surface area contributed by atoms with Gasteiger partial charge in [-0.25, -0.2) is 0 Å². The summed E-state index contributed by atoms with van der Waals surface area (Å²) in [5, 5.41) is 3.40. The summed E-state index contributed by atoms with van der Waals surface area (Å²) < 4.78 is 10.8. The molecule has 5 heteroatoms. The standard InChI is InChI=1S/C12H27N3O2/c1-14(2)6-10-16-9-4-13-3-5-15-7-11-17-12-8-15/h13H,3-12H2,1-2H3. The van der Waals surface area contributed by atoms with E-state index < -0.39 is 0 Å². The number of ether oxygens (including phenoxy) is 2. The summed E-state index contributed by atoms with van der Waals surface area (Å²) in [4.78, 5) is 4.56. The number of rotatable bonds is 9. The van der Waals surface area contributed by atoms with Gasteiger partial charge >= 0.3 is 0 Å². The molecular weight excluding hydrogens is 218 g/mol. The van der Waals surface area contributed by atoms with Crippen LogP contribution in [0.25, 0.3) is 0 Å². The predicted molar refractivity (Wildman–Crippen MR) is 69.5 cm³/mol. The molecule has 0 aromatic rings. The molecule has 1 saturated heterocycles. The highest BCUT2D eigenvalue weighted by molar-refractivity contribution is 4.62. The lowest BCUT2D eigenvalue weighted by Gasteiger charge is -2.26. The van der Waals surface area contributed by atoms with E-state index in [4.69, 9.17) is 9.47 Å². The Labute approximate surface area is 105 Å². The van der Waals surface area contributed by atoms with Crippen molar-refractivity contribution in [3.05, 3.63) is 0 Å². The van der Waals surface area contributed by atoms with Gasteiger partial charge in [0.05, 0.1) is 26.4 Å². The fourth-order valence-corrected chi connectivity index (χ4v) is 1.68. The van der Waals surface area contributed by atoms with Crippen LogP contribution in [0.1, 0.15) is 0 Å². The first-order valence-corrected chi connectivity index (χ1v) is 6.52. The predicted octanol–water partition coefficient (Wildman–Crippen LogP) is -0.514. The summed E-state index contributed by atoms with van der Waals surface area (Å²) in [5.41, 5.74) is 0. The van der Waals surface area contributed by atoms with E-state index in [1.807, 2.05) is 0 Å². The molecule has 17 heavy (non-hydrogen) atoms. The summed E-state index contributed by atoms with van der Waals surface area (Å²) in [6, 6.07) is 0. The van der Waals surface area contributed by atoms with Crippen LogP contribution >= 0.6 is 0 Å². The molecule has 1 rings (SSSR count). The summed E-state index contributed by atoms with van der Waals surface area (Å²) in [7, 11) is 4.12. The lowest BCUT2D eigenvalue weighted by atomic mass is 10.4. The van der Waals surface area contributed by atoms with E-state index in [-0.39, 0.29) is 0 Å². The third-order valence-electron chi connectivity index (χ3n) is 2.81. The largest absolute Gasteiger partial charge is 0.379 e. The van der Waals surface area contributed by atoms with Crippen molar-refractivity contribution in [2.75, 3.05) is 79.8 Å². The fraction of sp³-hybridized carbons (Fsp3) is 1.00. The van der Waals surface area contributed by atoms with Crippen LogP contribution < -0.4 is 5.32 Å². The van der Waals surface area contributed by atoms with Crippen LogP contribution in [0, 0.1) is 0 Å². The normalized spacial score (nSPS) is 17.8. The van der Waals surface area contributed by atoms with Crippen molar-refractivity contribution in [1.82, 2.24) is 15.1 Å². The maximum Gasteiger partial charge on any atom is 0.0594 e. The lowest BCUT2D eigenvalue weighted by Crippen LogP contribution is -2.40. The molecule has 0 atom stereocenters. The average molecular weight is 245 g/mol. The molecule has 0 radical (unpaired) electrons. The van der Waals surface area contributed by atoms with E-state index in [0.29, 0.717) is 0 Å². The second-order valence-electron chi connectivity index (χ2n) is 4.62. The van der Waals surface area contributed by atoms with Crippen LogP contribution in [-0.4, -0.2) is 89.6 Å². The third-order valence-corrected chi connectivity index (χ3v) is 2.81. The second kappa shape index (κ2) is 9.79. The molecule has 1 N–H and O–H groups in total. The SMILES string of the molecule is CN(C)CCOCCNCCN1CCOCC1. The molecule has 0 spiro atoms. The van der Waals surface area contributed by atoms with Crippen LogP contribution in [0.3, 0.4) is 0 Å². The minimum Gasteiger partial charge on any atom is -0.379 e. The van der Waals surface area contributed by atoms with Crippen molar-refractivity contribution in [3.8, 4) is 0 Å². The maximum atomic E-state index is 5.50. The highest BCUT2D eigenvalue weighted by Crippen LogP contribution is 1.94. The molecule has 1 heterocycles. The Morgan fingerprint density at radius 1 is 1.18 bits per heavy atom. The molecule has 0 aromatic carbocycles. The molecular formula is C12H27N3O2. The maximum absolute atomic E-state index is 5.50. The van der Waals surface area contributed by atoms with Gasteiger partial charge in [0.25, 0.3) is 0 Å². The van der Waals surface area contributed by atoms with Crippen molar-refractivity contribution < 1.29 is 9.47 Å². The number of morpholine rings is 1. The number of likely N-dealkylation sites (N-methyl/N-ethyl adjacent to an activating group) is 1. The molecule has 0 saturated carbocycles. The van der Waals surface area contributed by atoms with Gasteiger partial charge < -0.3 is 19.7 Å². The van der Waals surface area contributed by atoms with Crippen LogP contribution in [0.15, 0.2) is 0 Å². The Morgan fingerprint density at radius 3 is 2.65 bits per heavy atom. The van der Waals surface area contributed by atoms with Crippen LogP contribution in [0.5, 0.6) is 0 Å². The number of nitrogens with one attached hydrogen (secondary N) is 1. The molecule has 0 aromatic heterocycles. The summed E-state index contributed by atoms with van der Waals surface area (Å²) in [6.07, 6.45) is 0. The van der Waals surface area contributed by atoms with Gasteiger partial charge in [0, 0.05) is 39.3 Å². The van der Waals surface area contributed by atoms with E-state index in [9.17, 15) is 0 Å². The van der Waals surface area contributed by atoms with Gasteiger partial charge in [-0.1, -0.05) is 0 Å². The van der Waals surface area contributed by atoms with E-state index in [2.05, 4.69) is 29.2 Å². The Hall–Kier alpha value is -0.200. The summed E-state index contributed by atoms with van der Waals surface area (Å²) >= 11 is 0. The van der Waals surface area contributed by atoms with Gasteiger partial charge in [-0.15, -0.1) is 0 Å². The van der Waals surface area contributed by atoms with Gasteiger partial charge in [0.2, 0.25) is 0 Å². The zero-order valence-electron chi connectivity index (χ0n) is 11.3. The first kappa shape index (κ1) is 14.9. The van der Waals surface area contributed by atoms with Gasteiger partial charge in [-0.05, 0) is 14.1 Å². The van der Waals surface area contributed by atoms with Gasteiger partial charge in [0.1, 0.15) is 0 Å². The van der Waals surface area contributed by atoms with Crippen molar-refractivity contribution in [2.24, 2.45) is 0 Å². The first-order valence-electron chi connectivity index (χ1n) is 6.52. The second-order valence-corrected chi connectivity index (χ2v) is 4.62. The monoisotopic (exact) mass is 245 g/mol. The Kier molecular flexibility index (Phi) is 8.56. The van der Waals surface area contributed by atoms with Crippen molar-refractivity contribution >= 4 is 0 Å². The van der Waals surface area contributed by atoms with E-state index in [0.717, 1.165) is 65.7 Å². The molecule has 0 bridgehead atoms. The van der Waals surface area contributed by atoms with Crippen LogP contribution in [-0.2, 0) is 9.47 Å². The minimum atomic E-state index is 0.803. The van der Waals surface area contributed by atoms with Crippen molar-refractivity contribution in [2.45, 2.75) is 0 Å². The van der Waals surface area contributed by atoms with Crippen LogP contribution in [0.2, 0.25) is 0 Å². The highest BCUT2D eigenvalue weighted by Gasteiger charge is 2.08. The third kappa shape index (κ3) is 8.51. The lowest BCUT2D eigenvalue weighted by molar-refractivity contribution is 0.0381. The Balaban J connectivity index is 1.78. The number of hydrogen-bond donors (Lipinski definition) is 1. The van der Waals surface area contributed by atoms with Crippen molar-refractivity contribution in [1.29, 1.82) is 0 Å². The zero-order chi connectivity index (χ0) is 12.3. The van der Waals surface area contributed by atoms with Crippen molar-refractivity contribution in [3.63, 3.8) is 0 Å². The molecule has 0 aliphatic carbocycles.